The number of aryl methyl sites for hydroxylation is 1. The Morgan fingerprint density at radius 2 is 1.86 bits per heavy atom. The number of allylic oxidation sites excluding steroid dienone is 2. The Morgan fingerprint density at radius 3 is 2.51 bits per heavy atom. The fourth-order valence-corrected chi connectivity index (χ4v) is 5.92. The summed E-state index contributed by atoms with van der Waals surface area (Å²) in [6, 6.07) is 20.9. The maximum atomic E-state index is 13.5. The first-order chi connectivity index (χ1) is 16.9. The minimum atomic E-state index is -0.518. The largest absolute Gasteiger partial charge is 0.353 e. The quantitative estimate of drug-likeness (QED) is 0.310. The van der Waals surface area contributed by atoms with Gasteiger partial charge in [-0.25, -0.2) is 0 Å². The Bertz CT molecular complexity index is 1370. The van der Waals surface area contributed by atoms with E-state index in [1.807, 2.05) is 67.8 Å². The molecule has 0 saturated heterocycles. The predicted octanol–water partition coefficient (Wildman–Crippen LogP) is 6.77. The third-order valence-corrected chi connectivity index (χ3v) is 8.11. The van der Waals surface area contributed by atoms with E-state index in [-0.39, 0.29) is 17.4 Å². The average molecular weight is 565 g/mol. The van der Waals surface area contributed by atoms with Crippen LogP contribution in [0, 0.1) is 18.3 Å². The number of carbonyl (C=O) groups excluding carboxylic acids is 2. The summed E-state index contributed by atoms with van der Waals surface area (Å²) in [5, 5.41) is 18.9. The minimum Gasteiger partial charge on any atom is -0.353 e. The zero-order valence-electron chi connectivity index (χ0n) is 19.1. The standard InChI is InChI=1S/C27H22BrN3O2S2/c1-16-6-3-4-7-21(16)31-26(33)24-17(2)30-27(20(14-29)25(24)23-8-5-13-34-23)35-15-22(32)18-9-11-19(28)12-10-18/h3-13,25,30H,15H2,1-2H3,(H,31,33)/t25-/m1/s1. The average Bonchev–Trinajstić information content (AvgIpc) is 3.38. The van der Waals surface area contributed by atoms with Crippen LogP contribution in [0.1, 0.15) is 33.6 Å². The number of hydrogen-bond donors (Lipinski definition) is 2. The van der Waals surface area contributed by atoms with Crippen molar-refractivity contribution in [2.24, 2.45) is 0 Å². The number of rotatable bonds is 7. The predicted molar refractivity (Wildman–Crippen MR) is 146 cm³/mol. The topological polar surface area (TPSA) is 82.0 Å². The van der Waals surface area contributed by atoms with Crippen LogP contribution in [-0.4, -0.2) is 17.4 Å². The first-order valence-electron chi connectivity index (χ1n) is 10.8. The van der Waals surface area contributed by atoms with Gasteiger partial charge in [0.25, 0.3) is 5.91 Å². The zero-order chi connectivity index (χ0) is 24.9. The molecule has 4 rings (SSSR count). The molecule has 5 nitrogen and oxygen atoms in total. The highest BCUT2D eigenvalue weighted by Crippen LogP contribution is 2.42. The first-order valence-corrected chi connectivity index (χ1v) is 13.5. The third-order valence-electron chi connectivity index (χ3n) is 5.63. The van der Waals surface area contributed by atoms with Crippen LogP contribution in [0.25, 0.3) is 0 Å². The van der Waals surface area contributed by atoms with E-state index in [2.05, 4.69) is 32.6 Å². The van der Waals surface area contributed by atoms with Crippen LogP contribution in [0.4, 0.5) is 5.69 Å². The van der Waals surface area contributed by atoms with Gasteiger partial charge in [0.05, 0.1) is 28.3 Å². The summed E-state index contributed by atoms with van der Waals surface area (Å²) < 4.78 is 0.904. The molecule has 1 aromatic heterocycles. The summed E-state index contributed by atoms with van der Waals surface area (Å²) in [4.78, 5) is 27.1. The minimum absolute atomic E-state index is 0.0357. The lowest BCUT2D eigenvalue weighted by Crippen LogP contribution is -2.30. The number of nitriles is 1. The number of carbonyl (C=O) groups is 2. The van der Waals surface area contributed by atoms with Crippen LogP contribution < -0.4 is 10.6 Å². The van der Waals surface area contributed by atoms with Crippen molar-refractivity contribution < 1.29 is 9.59 Å². The van der Waals surface area contributed by atoms with Gasteiger partial charge >= 0.3 is 0 Å². The molecule has 0 aliphatic carbocycles. The zero-order valence-corrected chi connectivity index (χ0v) is 22.3. The Balaban J connectivity index is 1.64. The molecule has 0 fully saturated rings. The molecule has 2 aromatic carbocycles. The Kier molecular flexibility index (Phi) is 7.91. The van der Waals surface area contributed by atoms with Gasteiger partial charge in [-0.15, -0.1) is 11.3 Å². The van der Waals surface area contributed by atoms with Gasteiger partial charge in [0, 0.05) is 31.9 Å². The molecule has 2 heterocycles. The van der Waals surface area contributed by atoms with Crippen molar-refractivity contribution in [3.63, 3.8) is 0 Å². The summed E-state index contributed by atoms with van der Waals surface area (Å²) in [5.74, 6) is -0.642. The van der Waals surface area contributed by atoms with E-state index >= 15 is 0 Å². The summed E-state index contributed by atoms with van der Waals surface area (Å²) in [5.41, 5.74) is 3.88. The van der Waals surface area contributed by atoms with E-state index in [0.717, 1.165) is 20.6 Å². The monoisotopic (exact) mass is 563 g/mol. The molecule has 0 spiro atoms. The van der Waals surface area contributed by atoms with Gasteiger partial charge in [-0.05, 0) is 49.1 Å². The highest BCUT2D eigenvalue weighted by atomic mass is 79.9. The molecular weight excluding hydrogens is 542 g/mol. The molecule has 0 saturated carbocycles. The summed E-state index contributed by atoms with van der Waals surface area (Å²) in [6.45, 7) is 3.77. The Labute approximate surface area is 221 Å². The molecule has 8 heteroatoms. The number of para-hydroxylation sites is 1. The van der Waals surface area contributed by atoms with E-state index < -0.39 is 5.92 Å². The molecular formula is C27H22BrN3O2S2. The maximum absolute atomic E-state index is 13.5. The fourth-order valence-electron chi connectivity index (χ4n) is 3.83. The van der Waals surface area contributed by atoms with Crippen molar-refractivity contribution in [3.8, 4) is 6.07 Å². The first kappa shape index (κ1) is 25.0. The SMILES string of the molecule is CC1=C(C(=O)Nc2ccccc2C)[C@@H](c2cccs2)C(C#N)=C(SCC(=O)c2ccc(Br)cc2)N1. The van der Waals surface area contributed by atoms with Crippen molar-refractivity contribution >= 4 is 56.4 Å². The Morgan fingerprint density at radius 1 is 1.11 bits per heavy atom. The highest BCUT2D eigenvalue weighted by molar-refractivity contribution is 9.10. The Hall–Kier alpha value is -3.12. The van der Waals surface area contributed by atoms with Crippen LogP contribution in [0.15, 0.2) is 92.4 Å². The number of ketones is 1. The molecule has 2 N–H and O–H groups in total. The number of dihydropyridines is 1. The number of Topliss-reactive ketones (excluding diaryl/α,β-unsaturated/α-hetero) is 1. The number of thioether (sulfide) groups is 1. The third kappa shape index (κ3) is 5.59. The van der Waals surface area contributed by atoms with Crippen LogP contribution >= 0.6 is 39.0 Å². The van der Waals surface area contributed by atoms with Crippen molar-refractivity contribution in [2.75, 3.05) is 11.1 Å². The van der Waals surface area contributed by atoms with Gasteiger partial charge in [-0.1, -0.05) is 64.1 Å². The second kappa shape index (κ2) is 11.1. The van der Waals surface area contributed by atoms with E-state index in [4.69, 9.17) is 0 Å². The summed E-state index contributed by atoms with van der Waals surface area (Å²) in [6.07, 6.45) is 0. The van der Waals surface area contributed by atoms with Gasteiger partial charge in [0.15, 0.2) is 5.78 Å². The fraction of sp³-hybridized carbons (Fsp3) is 0.148. The van der Waals surface area contributed by atoms with Gasteiger partial charge < -0.3 is 10.6 Å². The number of anilines is 1. The molecule has 176 valence electrons. The molecule has 1 atom stereocenters. The number of amides is 1. The van der Waals surface area contributed by atoms with Crippen molar-refractivity contribution in [2.45, 2.75) is 19.8 Å². The van der Waals surface area contributed by atoms with Crippen LogP contribution in [0.5, 0.6) is 0 Å². The summed E-state index contributed by atoms with van der Waals surface area (Å²) >= 11 is 6.16. The number of hydrogen-bond acceptors (Lipinski definition) is 6. The molecule has 1 aliphatic heterocycles. The van der Waals surface area contributed by atoms with Crippen LogP contribution in [0.3, 0.4) is 0 Å². The van der Waals surface area contributed by atoms with E-state index in [1.165, 1.54) is 23.1 Å². The maximum Gasteiger partial charge on any atom is 0.254 e. The van der Waals surface area contributed by atoms with Gasteiger partial charge in [-0.3, -0.25) is 9.59 Å². The smallest absolute Gasteiger partial charge is 0.254 e. The molecule has 0 radical (unpaired) electrons. The molecule has 1 amide bonds. The lowest BCUT2D eigenvalue weighted by atomic mass is 9.86. The van der Waals surface area contributed by atoms with E-state index in [1.54, 1.807) is 12.1 Å². The van der Waals surface area contributed by atoms with Crippen molar-refractivity contribution in [3.05, 3.63) is 108 Å². The number of nitrogens with one attached hydrogen (secondary N) is 2. The van der Waals surface area contributed by atoms with E-state index in [9.17, 15) is 14.9 Å². The molecule has 0 bridgehead atoms. The van der Waals surface area contributed by atoms with Crippen LogP contribution in [-0.2, 0) is 4.79 Å². The van der Waals surface area contributed by atoms with Gasteiger partial charge in [0.1, 0.15) is 0 Å². The molecule has 3 aromatic rings. The second-order valence-electron chi connectivity index (χ2n) is 7.95. The lowest BCUT2D eigenvalue weighted by molar-refractivity contribution is -0.113. The number of nitrogens with zero attached hydrogens (tertiary/aromatic N) is 1. The number of benzene rings is 2. The molecule has 35 heavy (non-hydrogen) atoms. The van der Waals surface area contributed by atoms with Gasteiger partial charge in [-0.2, -0.15) is 5.26 Å². The molecule has 0 unspecified atom stereocenters. The number of thiophene rings is 1. The van der Waals surface area contributed by atoms with Crippen LogP contribution in [0.2, 0.25) is 0 Å². The normalized spacial score (nSPS) is 15.4. The number of halogens is 1. The second-order valence-corrected chi connectivity index (χ2v) is 10.8. The highest BCUT2D eigenvalue weighted by Gasteiger charge is 2.35. The lowest BCUT2D eigenvalue weighted by Gasteiger charge is -2.29. The molecule has 1 aliphatic rings. The summed E-state index contributed by atoms with van der Waals surface area (Å²) in [7, 11) is 0. The van der Waals surface area contributed by atoms with Crippen molar-refractivity contribution in [1.29, 1.82) is 5.26 Å². The van der Waals surface area contributed by atoms with Gasteiger partial charge in [0.2, 0.25) is 0 Å². The van der Waals surface area contributed by atoms with E-state index in [0.29, 0.717) is 27.4 Å². The van der Waals surface area contributed by atoms with Crippen molar-refractivity contribution in [1.82, 2.24) is 5.32 Å².